The summed E-state index contributed by atoms with van der Waals surface area (Å²) in [7, 11) is 1.63. The van der Waals surface area contributed by atoms with Crippen LogP contribution in [0.1, 0.15) is 52.1 Å². The second-order valence-corrected chi connectivity index (χ2v) is 8.44. The maximum atomic E-state index is 13.0. The Morgan fingerprint density at radius 3 is 2.50 bits per heavy atom. The van der Waals surface area contributed by atoms with Crippen LogP contribution in [-0.2, 0) is 6.42 Å². The summed E-state index contributed by atoms with van der Waals surface area (Å²) in [4.78, 5) is 34.3. The number of amides is 1. The van der Waals surface area contributed by atoms with Crippen LogP contribution in [0.15, 0.2) is 72.0 Å². The highest BCUT2D eigenvalue weighted by atomic mass is 16.5. The highest BCUT2D eigenvalue weighted by Gasteiger charge is 2.28. The SMILES string of the molecule is COc1ccc2c(c1)C(CC(=O)c1ccc(C(=O)Nc3cccnc3)cc1)=NC(C)(C)C2. The molecule has 2 heterocycles. The van der Waals surface area contributed by atoms with Gasteiger partial charge in [0.05, 0.1) is 36.7 Å². The van der Waals surface area contributed by atoms with Gasteiger partial charge in [0.1, 0.15) is 5.75 Å². The second-order valence-electron chi connectivity index (χ2n) is 8.44. The van der Waals surface area contributed by atoms with Crippen molar-refractivity contribution in [1.29, 1.82) is 0 Å². The molecule has 32 heavy (non-hydrogen) atoms. The van der Waals surface area contributed by atoms with Crippen molar-refractivity contribution in [2.24, 2.45) is 4.99 Å². The summed E-state index contributed by atoms with van der Waals surface area (Å²) in [6, 6.07) is 16.1. The second kappa shape index (κ2) is 8.75. The first-order valence-corrected chi connectivity index (χ1v) is 10.5. The number of aliphatic imine (C=N–C) groups is 1. The summed E-state index contributed by atoms with van der Waals surface area (Å²) in [6.45, 7) is 4.14. The number of Topliss-reactive ketones (excluding diaryl/α,β-unsaturated/α-hetero) is 1. The van der Waals surface area contributed by atoms with Crippen molar-refractivity contribution >= 4 is 23.1 Å². The van der Waals surface area contributed by atoms with Gasteiger partial charge in [0.25, 0.3) is 5.91 Å². The maximum Gasteiger partial charge on any atom is 0.255 e. The number of benzene rings is 2. The lowest BCUT2D eigenvalue weighted by atomic mass is 9.85. The summed E-state index contributed by atoms with van der Waals surface area (Å²) in [6.07, 6.45) is 4.22. The Bertz CT molecular complexity index is 1180. The molecule has 0 fully saturated rings. The highest BCUT2D eigenvalue weighted by molar-refractivity contribution is 6.17. The molecule has 3 aromatic rings. The predicted octanol–water partition coefficient (Wildman–Crippen LogP) is 4.74. The molecule has 0 radical (unpaired) electrons. The topological polar surface area (TPSA) is 80.7 Å². The van der Waals surface area contributed by atoms with Gasteiger partial charge in [-0.25, -0.2) is 0 Å². The van der Waals surface area contributed by atoms with E-state index in [1.165, 1.54) is 0 Å². The molecule has 0 saturated heterocycles. The van der Waals surface area contributed by atoms with E-state index >= 15 is 0 Å². The Hall–Kier alpha value is -3.80. The number of carbonyl (C=O) groups excluding carboxylic acids is 2. The van der Waals surface area contributed by atoms with Crippen LogP contribution in [0.25, 0.3) is 0 Å². The molecular formula is C26H25N3O3. The number of hydrogen-bond acceptors (Lipinski definition) is 5. The average molecular weight is 428 g/mol. The number of nitrogens with zero attached hydrogens (tertiary/aromatic N) is 2. The zero-order valence-electron chi connectivity index (χ0n) is 18.4. The van der Waals surface area contributed by atoms with Gasteiger partial charge in [0, 0.05) is 22.9 Å². The van der Waals surface area contributed by atoms with Gasteiger partial charge in [-0.05, 0) is 62.2 Å². The van der Waals surface area contributed by atoms with E-state index in [-0.39, 0.29) is 23.7 Å². The number of ether oxygens (including phenoxy) is 1. The Morgan fingerprint density at radius 2 is 1.81 bits per heavy atom. The van der Waals surface area contributed by atoms with Crippen molar-refractivity contribution in [3.05, 3.63) is 89.2 Å². The van der Waals surface area contributed by atoms with Gasteiger partial charge in [0.15, 0.2) is 5.78 Å². The van der Waals surface area contributed by atoms with Crippen LogP contribution in [0, 0.1) is 0 Å². The number of ketones is 1. The summed E-state index contributed by atoms with van der Waals surface area (Å²) in [5.74, 6) is 0.443. The molecule has 6 heteroatoms. The van der Waals surface area contributed by atoms with Crippen LogP contribution in [-0.4, -0.2) is 35.0 Å². The van der Waals surface area contributed by atoms with Gasteiger partial charge in [-0.1, -0.05) is 18.2 Å². The zero-order valence-corrected chi connectivity index (χ0v) is 18.4. The molecule has 1 N–H and O–H groups in total. The van der Waals surface area contributed by atoms with Crippen LogP contribution >= 0.6 is 0 Å². The molecule has 1 aliphatic rings. The lowest BCUT2D eigenvalue weighted by molar-refractivity contribution is 0.0995. The van der Waals surface area contributed by atoms with Crippen LogP contribution in [0.5, 0.6) is 5.75 Å². The largest absolute Gasteiger partial charge is 0.497 e. The molecule has 0 spiro atoms. The number of aromatic nitrogens is 1. The molecule has 1 aliphatic heterocycles. The Morgan fingerprint density at radius 1 is 1.06 bits per heavy atom. The first-order valence-electron chi connectivity index (χ1n) is 10.5. The van der Waals surface area contributed by atoms with Crippen molar-refractivity contribution in [3.63, 3.8) is 0 Å². The smallest absolute Gasteiger partial charge is 0.255 e. The van der Waals surface area contributed by atoms with E-state index in [0.717, 1.165) is 29.0 Å². The van der Waals surface area contributed by atoms with Gasteiger partial charge >= 0.3 is 0 Å². The Labute approximate surface area is 187 Å². The lowest BCUT2D eigenvalue weighted by Gasteiger charge is -2.29. The molecule has 1 aromatic heterocycles. The number of nitrogens with one attached hydrogen (secondary N) is 1. The van der Waals surface area contributed by atoms with E-state index in [9.17, 15) is 9.59 Å². The maximum absolute atomic E-state index is 13.0. The van der Waals surface area contributed by atoms with Crippen molar-refractivity contribution in [3.8, 4) is 5.75 Å². The minimum absolute atomic E-state index is 0.0468. The third-order valence-electron chi connectivity index (χ3n) is 5.41. The molecule has 162 valence electrons. The molecule has 0 aliphatic carbocycles. The molecular weight excluding hydrogens is 402 g/mol. The molecule has 0 atom stereocenters. The van der Waals surface area contributed by atoms with Crippen molar-refractivity contribution in [2.45, 2.75) is 32.2 Å². The van der Waals surface area contributed by atoms with E-state index in [2.05, 4.69) is 24.1 Å². The molecule has 0 saturated carbocycles. The molecule has 4 rings (SSSR count). The van der Waals surface area contributed by atoms with Crippen LogP contribution in [0.2, 0.25) is 0 Å². The molecule has 0 unspecified atom stereocenters. The van der Waals surface area contributed by atoms with Crippen molar-refractivity contribution in [1.82, 2.24) is 4.98 Å². The average Bonchev–Trinajstić information content (AvgIpc) is 2.79. The van der Waals surface area contributed by atoms with Crippen molar-refractivity contribution in [2.75, 3.05) is 12.4 Å². The predicted molar refractivity (Wildman–Crippen MR) is 125 cm³/mol. The number of anilines is 1. The fourth-order valence-corrected chi connectivity index (χ4v) is 3.87. The summed E-state index contributed by atoms with van der Waals surface area (Å²) in [5.41, 5.74) is 4.24. The van der Waals surface area contributed by atoms with E-state index in [1.54, 1.807) is 55.9 Å². The Balaban J connectivity index is 1.51. The Kier molecular flexibility index (Phi) is 5.86. The number of rotatable bonds is 6. The number of carbonyl (C=O) groups is 2. The van der Waals surface area contributed by atoms with Gasteiger partial charge in [-0.15, -0.1) is 0 Å². The number of fused-ring (bicyclic) bond motifs is 1. The summed E-state index contributed by atoms with van der Waals surface area (Å²) >= 11 is 0. The minimum Gasteiger partial charge on any atom is -0.497 e. The first kappa shape index (κ1) is 21.4. The van der Waals surface area contributed by atoms with Crippen molar-refractivity contribution < 1.29 is 14.3 Å². The molecule has 1 amide bonds. The zero-order chi connectivity index (χ0) is 22.7. The van der Waals surface area contributed by atoms with Gasteiger partial charge in [0.2, 0.25) is 0 Å². The molecule has 0 bridgehead atoms. The fourth-order valence-electron chi connectivity index (χ4n) is 3.87. The lowest BCUT2D eigenvalue weighted by Crippen LogP contribution is -2.30. The standard InChI is InChI=1S/C26H25N3O3/c1-26(2)15-19-10-11-21(32-3)13-22(19)23(29-26)14-24(30)17-6-8-18(9-7-17)25(31)28-20-5-4-12-27-16-20/h4-13,16H,14-15H2,1-3H3,(H,28,31). The normalized spacial score (nSPS) is 14.2. The third-order valence-corrected chi connectivity index (χ3v) is 5.41. The number of methoxy groups -OCH3 is 1. The van der Waals surface area contributed by atoms with Crippen LogP contribution in [0.3, 0.4) is 0 Å². The minimum atomic E-state index is -0.272. The summed E-state index contributed by atoms with van der Waals surface area (Å²) < 4.78 is 5.37. The quantitative estimate of drug-likeness (QED) is 0.576. The monoisotopic (exact) mass is 427 g/mol. The van der Waals surface area contributed by atoms with E-state index in [1.807, 2.05) is 18.2 Å². The third kappa shape index (κ3) is 4.75. The van der Waals surface area contributed by atoms with E-state index in [0.29, 0.717) is 16.8 Å². The van der Waals surface area contributed by atoms with Crippen LogP contribution in [0.4, 0.5) is 5.69 Å². The summed E-state index contributed by atoms with van der Waals surface area (Å²) in [5, 5.41) is 2.79. The fraction of sp³-hybridized carbons (Fsp3) is 0.231. The molecule has 6 nitrogen and oxygen atoms in total. The number of hydrogen-bond donors (Lipinski definition) is 1. The first-order chi connectivity index (χ1) is 15.3. The highest BCUT2D eigenvalue weighted by Crippen LogP contribution is 2.31. The van der Waals surface area contributed by atoms with Crippen LogP contribution < -0.4 is 10.1 Å². The number of pyridine rings is 1. The van der Waals surface area contributed by atoms with E-state index < -0.39 is 0 Å². The van der Waals surface area contributed by atoms with E-state index in [4.69, 9.17) is 9.73 Å². The van der Waals surface area contributed by atoms with Gasteiger partial charge < -0.3 is 10.1 Å². The van der Waals surface area contributed by atoms with Gasteiger partial charge in [-0.3, -0.25) is 19.6 Å². The van der Waals surface area contributed by atoms with Gasteiger partial charge in [-0.2, -0.15) is 0 Å². The molecule has 2 aromatic carbocycles.